The molecule has 2 aromatic carbocycles. The molecule has 25 heavy (non-hydrogen) atoms. The van der Waals surface area contributed by atoms with E-state index in [0.717, 1.165) is 34.5 Å². The topological polar surface area (TPSA) is 49.4 Å². The predicted molar refractivity (Wildman–Crippen MR) is 101 cm³/mol. The zero-order valence-electron chi connectivity index (χ0n) is 15.0. The van der Waals surface area contributed by atoms with E-state index in [0.29, 0.717) is 6.54 Å². The highest BCUT2D eigenvalue weighted by atomic mass is 16.2. The molecule has 3 rings (SSSR count). The highest BCUT2D eigenvalue weighted by Crippen LogP contribution is 2.29. The van der Waals surface area contributed by atoms with Gasteiger partial charge in [-0.05, 0) is 43.0 Å². The molecule has 0 bridgehead atoms. The summed E-state index contributed by atoms with van der Waals surface area (Å²) in [4.78, 5) is 27.0. The number of aryl methyl sites for hydroxylation is 3. The quantitative estimate of drug-likeness (QED) is 0.922. The van der Waals surface area contributed by atoms with E-state index in [2.05, 4.69) is 12.2 Å². The van der Waals surface area contributed by atoms with Crippen molar-refractivity contribution >= 4 is 23.2 Å². The number of carbonyl (C=O) groups is 2. The first kappa shape index (κ1) is 17.2. The van der Waals surface area contributed by atoms with Crippen molar-refractivity contribution < 1.29 is 9.59 Å². The molecular weight excluding hydrogens is 312 g/mol. The molecular formula is C21H24N2O2. The molecule has 2 aromatic rings. The standard InChI is InChI=1S/C21H24N2O2/c1-4-16-10-5-6-11-18(16)23-13-17(12-19(23)24)21(25)22-20-14(2)8-7-9-15(20)3/h5-11,17H,4,12-13H2,1-3H3,(H,22,25)/t17-/m1/s1. The fourth-order valence-corrected chi connectivity index (χ4v) is 3.43. The third-order valence-electron chi connectivity index (χ3n) is 4.89. The Morgan fingerprint density at radius 1 is 1.12 bits per heavy atom. The van der Waals surface area contributed by atoms with Crippen LogP contribution in [0.2, 0.25) is 0 Å². The molecule has 2 amide bonds. The van der Waals surface area contributed by atoms with Crippen molar-refractivity contribution in [1.82, 2.24) is 0 Å². The van der Waals surface area contributed by atoms with Crippen LogP contribution in [-0.4, -0.2) is 18.4 Å². The number of hydrogen-bond acceptors (Lipinski definition) is 2. The fourth-order valence-electron chi connectivity index (χ4n) is 3.43. The lowest BCUT2D eigenvalue weighted by molar-refractivity contribution is -0.122. The van der Waals surface area contributed by atoms with Crippen molar-refractivity contribution in [3.8, 4) is 0 Å². The van der Waals surface area contributed by atoms with Crippen molar-refractivity contribution in [2.24, 2.45) is 5.92 Å². The minimum absolute atomic E-state index is 0.0163. The first-order valence-corrected chi connectivity index (χ1v) is 8.76. The van der Waals surface area contributed by atoms with Gasteiger partial charge in [0.25, 0.3) is 0 Å². The summed E-state index contributed by atoms with van der Waals surface area (Å²) >= 11 is 0. The van der Waals surface area contributed by atoms with E-state index in [1.807, 2.05) is 56.3 Å². The smallest absolute Gasteiger partial charge is 0.229 e. The first-order chi connectivity index (χ1) is 12.0. The third-order valence-corrected chi connectivity index (χ3v) is 4.89. The van der Waals surface area contributed by atoms with Crippen molar-refractivity contribution in [3.63, 3.8) is 0 Å². The Kier molecular flexibility index (Phi) is 4.88. The molecule has 1 heterocycles. The Balaban J connectivity index is 1.77. The summed E-state index contributed by atoms with van der Waals surface area (Å²) < 4.78 is 0. The Morgan fingerprint density at radius 3 is 2.48 bits per heavy atom. The summed E-state index contributed by atoms with van der Waals surface area (Å²) in [5, 5.41) is 3.02. The Hall–Kier alpha value is -2.62. The van der Waals surface area contributed by atoms with Crippen LogP contribution in [0.1, 0.15) is 30.0 Å². The van der Waals surface area contributed by atoms with Crippen molar-refractivity contribution in [2.75, 3.05) is 16.8 Å². The molecule has 1 atom stereocenters. The SMILES string of the molecule is CCc1ccccc1N1C[C@H](C(=O)Nc2c(C)cccc2C)CC1=O. The average Bonchev–Trinajstić information content (AvgIpc) is 3.00. The number of benzene rings is 2. The minimum Gasteiger partial charge on any atom is -0.325 e. The van der Waals surface area contributed by atoms with Crippen molar-refractivity contribution in [2.45, 2.75) is 33.6 Å². The van der Waals surface area contributed by atoms with Gasteiger partial charge in [0.15, 0.2) is 0 Å². The van der Waals surface area contributed by atoms with Gasteiger partial charge >= 0.3 is 0 Å². The van der Waals surface area contributed by atoms with Crippen molar-refractivity contribution in [3.05, 3.63) is 59.2 Å². The molecule has 1 N–H and O–H groups in total. The summed E-state index contributed by atoms with van der Waals surface area (Å²) in [5.41, 5.74) is 4.98. The highest BCUT2D eigenvalue weighted by Gasteiger charge is 2.36. The molecule has 130 valence electrons. The second kappa shape index (κ2) is 7.09. The van der Waals surface area contributed by atoms with Gasteiger partial charge < -0.3 is 10.2 Å². The van der Waals surface area contributed by atoms with E-state index in [-0.39, 0.29) is 24.2 Å². The van der Waals surface area contributed by atoms with E-state index < -0.39 is 0 Å². The predicted octanol–water partition coefficient (Wildman–Crippen LogP) is 3.86. The van der Waals surface area contributed by atoms with Gasteiger partial charge in [-0.1, -0.05) is 43.3 Å². The highest BCUT2D eigenvalue weighted by molar-refractivity contribution is 6.04. The maximum Gasteiger partial charge on any atom is 0.229 e. The van der Waals surface area contributed by atoms with Gasteiger partial charge in [0.05, 0.1) is 5.92 Å². The van der Waals surface area contributed by atoms with Crippen LogP contribution in [0.4, 0.5) is 11.4 Å². The number of rotatable bonds is 4. The van der Waals surface area contributed by atoms with Crippen LogP contribution in [0.5, 0.6) is 0 Å². The van der Waals surface area contributed by atoms with Crippen molar-refractivity contribution in [1.29, 1.82) is 0 Å². The minimum atomic E-state index is -0.323. The van der Waals surface area contributed by atoms with Crippen LogP contribution >= 0.6 is 0 Å². The number of hydrogen-bond donors (Lipinski definition) is 1. The lowest BCUT2D eigenvalue weighted by Crippen LogP contribution is -2.29. The van der Waals surface area contributed by atoms with Gasteiger partial charge in [0.1, 0.15) is 0 Å². The van der Waals surface area contributed by atoms with E-state index in [1.165, 1.54) is 0 Å². The largest absolute Gasteiger partial charge is 0.325 e. The van der Waals surface area contributed by atoms with Gasteiger partial charge in [-0.25, -0.2) is 0 Å². The lowest BCUT2D eigenvalue weighted by Gasteiger charge is -2.20. The molecule has 0 aliphatic carbocycles. The molecule has 4 heteroatoms. The van der Waals surface area contributed by atoms with Crippen LogP contribution in [0.3, 0.4) is 0 Å². The number of para-hydroxylation sites is 2. The van der Waals surface area contributed by atoms with Crippen LogP contribution in [0, 0.1) is 19.8 Å². The molecule has 0 unspecified atom stereocenters. The van der Waals surface area contributed by atoms with Gasteiger partial charge in [0.2, 0.25) is 11.8 Å². The van der Waals surface area contributed by atoms with Crippen LogP contribution in [-0.2, 0) is 16.0 Å². The van der Waals surface area contributed by atoms with Gasteiger partial charge in [-0.3, -0.25) is 9.59 Å². The Labute approximate surface area is 148 Å². The van der Waals surface area contributed by atoms with Gasteiger partial charge in [0, 0.05) is 24.3 Å². The normalized spacial score (nSPS) is 17.0. The number of anilines is 2. The zero-order valence-corrected chi connectivity index (χ0v) is 15.0. The maximum atomic E-state index is 12.7. The molecule has 1 fully saturated rings. The molecule has 0 aromatic heterocycles. The summed E-state index contributed by atoms with van der Waals surface area (Å²) in [7, 11) is 0. The summed E-state index contributed by atoms with van der Waals surface area (Å²) in [6, 6.07) is 13.8. The molecule has 0 spiro atoms. The summed E-state index contributed by atoms with van der Waals surface area (Å²) in [6.45, 7) is 6.47. The second-order valence-corrected chi connectivity index (χ2v) is 6.64. The van der Waals surface area contributed by atoms with E-state index in [4.69, 9.17) is 0 Å². The van der Waals surface area contributed by atoms with Gasteiger partial charge in [-0.15, -0.1) is 0 Å². The average molecular weight is 336 g/mol. The van der Waals surface area contributed by atoms with E-state index in [1.54, 1.807) is 4.90 Å². The molecule has 1 aliphatic rings. The van der Waals surface area contributed by atoms with E-state index >= 15 is 0 Å². The molecule has 0 saturated carbocycles. The number of amides is 2. The van der Waals surface area contributed by atoms with Crippen LogP contribution in [0.15, 0.2) is 42.5 Å². The summed E-state index contributed by atoms with van der Waals surface area (Å²) in [5.74, 6) is -0.388. The van der Waals surface area contributed by atoms with E-state index in [9.17, 15) is 9.59 Å². The van der Waals surface area contributed by atoms with Gasteiger partial charge in [-0.2, -0.15) is 0 Å². The summed E-state index contributed by atoms with van der Waals surface area (Å²) in [6.07, 6.45) is 1.12. The molecule has 4 nitrogen and oxygen atoms in total. The maximum absolute atomic E-state index is 12.7. The molecule has 1 saturated heterocycles. The third kappa shape index (κ3) is 3.43. The first-order valence-electron chi connectivity index (χ1n) is 8.76. The number of carbonyl (C=O) groups excluding carboxylic acids is 2. The second-order valence-electron chi connectivity index (χ2n) is 6.64. The fraction of sp³-hybridized carbons (Fsp3) is 0.333. The Bertz CT molecular complexity index is 793. The lowest BCUT2D eigenvalue weighted by atomic mass is 10.1. The molecule has 0 radical (unpaired) electrons. The zero-order chi connectivity index (χ0) is 18.0. The van der Waals surface area contributed by atoms with Crippen LogP contribution in [0.25, 0.3) is 0 Å². The Morgan fingerprint density at radius 2 is 1.80 bits per heavy atom. The van der Waals surface area contributed by atoms with Crippen LogP contribution < -0.4 is 10.2 Å². The monoisotopic (exact) mass is 336 g/mol. The number of nitrogens with zero attached hydrogens (tertiary/aromatic N) is 1. The number of nitrogens with one attached hydrogen (secondary N) is 1. The molecule has 1 aliphatic heterocycles.